The monoisotopic (exact) mass is 661 g/mol. The third-order valence-corrected chi connectivity index (χ3v) is 11.7. The van der Waals surface area contributed by atoms with Crippen LogP contribution in [0.15, 0.2) is 176 Å². The number of para-hydroxylation sites is 2. The summed E-state index contributed by atoms with van der Waals surface area (Å²) >= 11 is 0. The van der Waals surface area contributed by atoms with Gasteiger partial charge in [-0.15, -0.1) is 0 Å². The minimum atomic E-state index is -0.227. The van der Waals surface area contributed by atoms with Gasteiger partial charge in [-0.05, 0) is 101 Å². The number of fused-ring (bicyclic) bond motifs is 10. The highest BCUT2D eigenvalue weighted by Crippen LogP contribution is 2.54. The van der Waals surface area contributed by atoms with E-state index in [1.807, 2.05) is 0 Å². The molecule has 0 fully saturated rings. The molecule has 0 aliphatic heterocycles. The number of rotatable bonds is 3. The molecule has 244 valence electrons. The van der Waals surface area contributed by atoms with Crippen molar-refractivity contribution in [2.24, 2.45) is 0 Å². The Morgan fingerprint density at radius 3 is 1.71 bits per heavy atom. The molecule has 0 unspecified atom stereocenters. The van der Waals surface area contributed by atoms with E-state index in [4.69, 9.17) is 0 Å². The summed E-state index contributed by atoms with van der Waals surface area (Å²) in [6.07, 6.45) is 0. The lowest BCUT2D eigenvalue weighted by Gasteiger charge is -2.25. The van der Waals surface area contributed by atoms with Gasteiger partial charge in [-0.2, -0.15) is 0 Å². The number of aromatic nitrogens is 1. The van der Waals surface area contributed by atoms with Gasteiger partial charge in [0.05, 0.1) is 11.0 Å². The van der Waals surface area contributed by atoms with Gasteiger partial charge in [0.15, 0.2) is 0 Å². The summed E-state index contributed by atoms with van der Waals surface area (Å²) < 4.78 is 2.49. The van der Waals surface area contributed by atoms with Crippen molar-refractivity contribution >= 4 is 54.1 Å². The van der Waals surface area contributed by atoms with Crippen LogP contribution in [-0.4, -0.2) is 4.57 Å². The molecule has 1 aliphatic carbocycles. The van der Waals surface area contributed by atoms with Crippen LogP contribution in [0.5, 0.6) is 0 Å². The fourth-order valence-corrected chi connectivity index (χ4v) is 9.52. The molecule has 0 spiro atoms. The van der Waals surface area contributed by atoms with E-state index in [1.54, 1.807) is 0 Å². The van der Waals surface area contributed by atoms with Crippen molar-refractivity contribution in [1.82, 2.24) is 4.57 Å². The lowest BCUT2D eigenvalue weighted by Crippen LogP contribution is -2.16. The highest BCUT2D eigenvalue weighted by atomic mass is 15.0. The fraction of sp³-hybridized carbons (Fsp3) is 0.0588. The van der Waals surface area contributed by atoms with Gasteiger partial charge < -0.3 is 4.57 Å². The number of hydrogen-bond acceptors (Lipinski definition) is 0. The Hall–Kier alpha value is -6.44. The van der Waals surface area contributed by atoms with E-state index < -0.39 is 0 Å². The molecule has 0 saturated heterocycles. The first-order valence-corrected chi connectivity index (χ1v) is 18.3. The van der Waals surface area contributed by atoms with Gasteiger partial charge in [-0.25, -0.2) is 0 Å². The SMILES string of the molecule is CC1(C)c2cc(-c3c4ccccc4c(-c4cccc5ccccc45)c4ccccc34)ccc2-c2ccc3c4ccccc4n(-c4ccccc4)c3c21. The second-order valence-corrected chi connectivity index (χ2v) is 14.8. The molecule has 1 aromatic heterocycles. The lowest BCUT2D eigenvalue weighted by molar-refractivity contribution is 0.664. The van der Waals surface area contributed by atoms with Gasteiger partial charge in [0.2, 0.25) is 0 Å². The normalized spacial score (nSPS) is 13.3. The van der Waals surface area contributed by atoms with Crippen LogP contribution in [0.3, 0.4) is 0 Å². The van der Waals surface area contributed by atoms with E-state index in [-0.39, 0.29) is 5.41 Å². The summed E-state index contributed by atoms with van der Waals surface area (Å²) in [6.45, 7) is 4.85. The molecule has 11 rings (SSSR count). The lowest BCUT2D eigenvalue weighted by atomic mass is 9.79. The predicted octanol–water partition coefficient (Wildman–Crippen LogP) is 13.9. The van der Waals surface area contributed by atoms with Crippen LogP contribution >= 0.6 is 0 Å². The van der Waals surface area contributed by atoms with E-state index in [1.165, 1.54) is 104 Å². The molecule has 0 radical (unpaired) electrons. The van der Waals surface area contributed by atoms with Crippen molar-refractivity contribution in [2.45, 2.75) is 19.3 Å². The predicted molar refractivity (Wildman–Crippen MR) is 222 cm³/mol. The summed E-state index contributed by atoms with van der Waals surface area (Å²) in [5.41, 5.74) is 14.1. The van der Waals surface area contributed by atoms with Crippen molar-refractivity contribution in [3.63, 3.8) is 0 Å². The number of benzene rings is 9. The molecule has 0 atom stereocenters. The first kappa shape index (κ1) is 29.3. The fourth-order valence-electron chi connectivity index (χ4n) is 9.52. The number of nitrogens with zero attached hydrogens (tertiary/aromatic N) is 1. The van der Waals surface area contributed by atoms with Gasteiger partial charge in [-0.3, -0.25) is 0 Å². The molecule has 1 heteroatoms. The van der Waals surface area contributed by atoms with Crippen molar-refractivity contribution in [3.8, 4) is 39.1 Å². The Labute approximate surface area is 303 Å². The summed E-state index contributed by atoms with van der Waals surface area (Å²) in [7, 11) is 0. The maximum absolute atomic E-state index is 2.50. The van der Waals surface area contributed by atoms with Crippen LogP contribution < -0.4 is 0 Å². The maximum Gasteiger partial charge on any atom is 0.0588 e. The van der Waals surface area contributed by atoms with E-state index in [9.17, 15) is 0 Å². The van der Waals surface area contributed by atoms with Crippen molar-refractivity contribution in [3.05, 3.63) is 187 Å². The van der Waals surface area contributed by atoms with Crippen LogP contribution in [0.4, 0.5) is 0 Å². The minimum absolute atomic E-state index is 0.227. The molecule has 0 N–H and O–H groups in total. The summed E-state index contributed by atoms with van der Waals surface area (Å²) in [4.78, 5) is 0. The topological polar surface area (TPSA) is 4.93 Å². The highest BCUT2D eigenvalue weighted by Gasteiger charge is 2.39. The second-order valence-electron chi connectivity index (χ2n) is 14.8. The zero-order chi connectivity index (χ0) is 34.6. The average Bonchev–Trinajstić information content (AvgIpc) is 3.65. The van der Waals surface area contributed by atoms with Crippen LogP contribution in [0.2, 0.25) is 0 Å². The highest BCUT2D eigenvalue weighted by molar-refractivity contribution is 6.23. The molecule has 10 aromatic rings. The van der Waals surface area contributed by atoms with Crippen LogP contribution in [-0.2, 0) is 5.41 Å². The molecule has 0 bridgehead atoms. The third-order valence-electron chi connectivity index (χ3n) is 11.7. The van der Waals surface area contributed by atoms with Crippen LogP contribution in [0, 0.1) is 0 Å². The molecule has 0 saturated carbocycles. The van der Waals surface area contributed by atoms with E-state index >= 15 is 0 Å². The first-order valence-electron chi connectivity index (χ1n) is 18.3. The van der Waals surface area contributed by atoms with Gasteiger partial charge in [0, 0.05) is 21.9 Å². The molecule has 0 amide bonds. The summed E-state index contributed by atoms with van der Waals surface area (Å²) in [5.74, 6) is 0. The zero-order valence-corrected chi connectivity index (χ0v) is 29.2. The second kappa shape index (κ2) is 10.8. The molecule has 9 aromatic carbocycles. The van der Waals surface area contributed by atoms with Gasteiger partial charge in [0.1, 0.15) is 0 Å². The Bertz CT molecular complexity index is 3020. The molecular weight excluding hydrogens is 627 g/mol. The van der Waals surface area contributed by atoms with E-state index in [2.05, 4.69) is 194 Å². The first-order chi connectivity index (χ1) is 25.6. The molecule has 1 heterocycles. The molecule has 1 nitrogen and oxygen atoms in total. The zero-order valence-electron chi connectivity index (χ0n) is 29.2. The summed E-state index contributed by atoms with van der Waals surface area (Å²) in [6, 6.07) is 65.2. The molecular formula is C51H35N. The molecule has 1 aliphatic rings. The van der Waals surface area contributed by atoms with Crippen LogP contribution in [0.25, 0.3) is 93.2 Å². The maximum atomic E-state index is 2.50. The van der Waals surface area contributed by atoms with Crippen molar-refractivity contribution in [2.75, 3.05) is 0 Å². The third kappa shape index (κ3) is 3.94. The van der Waals surface area contributed by atoms with Crippen molar-refractivity contribution in [1.29, 1.82) is 0 Å². The number of hydrogen-bond donors (Lipinski definition) is 0. The largest absolute Gasteiger partial charge is 0.309 e. The Kier molecular flexibility index (Phi) is 6.08. The van der Waals surface area contributed by atoms with Gasteiger partial charge in [0.25, 0.3) is 0 Å². The Morgan fingerprint density at radius 1 is 0.404 bits per heavy atom. The van der Waals surface area contributed by atoms with E-state index in [0.717, 1.165) is 0 Å². The van der Waals surface area contributed by atoms with Gasteiger partial charge in [-0.1, -0.05) is 166 Å². The smallest absolute Gasteiger partial charge is 0.0588 e. The van der Waals surface area contributed by atoms with Crippen LogP contribution in [0.1, 0.15) is 25.0 Å². The Morgan fingerprint density at radius 2 is 0.981 bits per heavy atom. The van der Waals surface area contributed by atoms with Crippen molar-refractivity contribution < 1.29 is 0 Å². The average molecular weight is 662 g/mol. The quantitative estimate of drug-likeness (QED) is 0.166. The Balaban J connectivity index is 1.18. The molecule has 52 heavy (non-hydrogen) atoms. The van der Waals surface area contributed by atoms with Gasteiger partial charge >= 0.3 is 0 Å². The summed E-state index contributed by atoms with van der Waals surface area (Å²) in [5, 5.41) is 10.3. The standard InChI is InChI=1S/C51H35N/c1-51(2)45-31-33(27-28-36(45)43-29-30-44-37-20-12-13-26-46(37)52(50(44)49(43)51)34-17-4-3-5-18-34)47-39-21-8-10-23-41(39)48(42-24-11-9-22-40(42)47)38-25-14-16-32-15-6-7-19-35(32)38/h3-31H,1-2H3. The van der Waals surface area contributed by atoms with E-state index in [0.29, 0.717) is 0 Å². The minimum Gasteiger partial charge on any atom is -0.309 e.